The molecule has 0 bridgehead atoms. The van der Waals surface area contributed by atoms with Crippen molar-refractivity contribution in [1.29, 1.82) is 0 Å². The summed E-state index contributed by atoms with van der Waals surface area (Å²) in [5, 5.41) is 0.412. The van der Waals surface area contributed by atoms with Crippen molar-refractivity contribution in [2.24, 2.45) is 0 Å². The molecule has 4 nitrogen and oxygen atoms in total. The Morgan fingerprint density at radius 2 is 1.87 bits per heavy atom. The molecule has 0 aliphatic heterocycles. The van der Waals surface area contributed by atoms with Crippen molar-refractivity contribution in [1.82, 2.24) is 4.98 Å². The van der Waals surface area contributed by atoms with Crippen LogP contribution < -0.4 is 9.64 Å². The summed E-state index contributed by atoms with van der Waals surface area (Å²) in [4.78, 5) is 19.3. The average molecular weight is 424 g/mol. The van der Waals surface area contributed by atoms with E-state index in [1.54, 1.807) is 7.11 Å². The van der Waals surface area contributed by atoms with E-state index in [0.717, 1.165) is 28.0 Å². The van der Waals surface area contributed by atoms with Gasteiger partial charge in [-0.3, -0.25) is 9.69 Å². The summed E-state index contributed by atoms with van der Waals surface area (Å²) < 4.78 is 34.0. The molecule has 30 heavy (non-hydrogen) atoms. The molecule has 0 radical (unpaired) electrons. The van der Waals surface area contributed by atoms with Crippen LogP contribution >= 0.6 is 11.3 Å². The van der Waals surface area contributed by atoms with E-state index in [2.05, 4.69) is 4.98 Å². The zero-order chi connectivity index (χ0) is 21.3. The fourth-order valence-corrected chi connectivity index (χ4v) is 4.23. The van der Waals surface area contributed by atoms with Crippen LogP contribution in [0.4, 0.5) is 13.9 Å². The standard InChI is InChI=1S/C23H18F2N2O2S/c1-14-8-11-19(29-2)20-21(14)30-23(26-20)27(13-15-6-4-3-5-7-15)22(28)17-10-9-16(24)12-18(17)25/h3-12H,13H2,1-2H3. The van der Waals surface area contributed by atoms with Crippen molar-refractivity contribution in [3.8, 4) is 5.75 Å². The number of fused-ring (bicyclic) bond motifs is 1. The number of halogens is 2. The van der Waals surface area contributed by atoms with Gasteiger partial charge in [-0.05, 0) is 36.2 Å². The molecule has 1 amide bonds. The Kier molecular flexibility index (Phi) is 5.46. The van der Waals surface area contributed by atoms with Gasteiger partial charge in [0.2, 0.25) is 0 Å². The Labute approximate surface area is 176 Å². The molecule has 1 heterocycles. The molecule has 0 saturated carbocycles. The lowest BCUT2D eigenvalue weighted by Crippen LogP contribution is -2.31. The summed E-state index contributed by atoms with van der Waals surface area (Å²) in [5.41, 5.74) is 2.28. The van der Waals surface area contributed by atoms with E-state index >= 15 is 0 Å². The van der Waals surface area contributed by atoms with Crippen LogP contribution in [0.2, 0.25) is 0 Å². The molecule has 4 rings (SSSR count). The average Bonchev–Trinajstić information content (AvgIpc) is 3.19. The number of anilines is 1. The monoisotopic (exact) mass is 424 g/mol. The number of aromatic nitrogens is 1. The maximum absolute atomic E-state index is 14.4. The lowest BCUT2D eigenvalue weighted by molar-refractivity contribution is 0.0981. The lowest BCUT2D eigenvalue weighted by Gasteiger charge is -2.20. The molecule has 0 saturated heterocycles. The van der Waals surface area contributed by atoms with Gasteiger partial charge < -0.3 is 4.74 Å². The van der Waals surface area contributed by atoms with E-state index in [0.29, 0.717) is 22.5 Å². The summed E-state index contributed by atoms with van der Waals surface area (Å²) in [6.45, 7) is 2.14. The smallest absolute Gasteiger partial charge is 0.263 e. The summed E-state index contributed by atoms with van der Waals surface area (Å²) in [5.74, 6) is -1.64. The first-order valence-electron chi connectivity index (χ1n) is 9.23. The topological polar surface area (TPSA) is 42.4 Å². The number of carbonyl (C=O) groups excluding carboxylic acids is 1. The highest BCUT2D eigenvalue weighted by atomic mass is 32.1. The van der Waals surface area contributed by atoms with Gasteiger partial charge >= 0.3 is 0 Å². The third-order valence-corrected chi connectivity index (χ3v) is 5.95. The number of hydrogen-bond acceptors (Lipinski definition) is 4. The van der Waals surface area contributed by atoms with Crippen LogP contribution in [0.5, 0.6) is 5.75 Å². The van der Waals surface area contributed by atoms with Gasteiger partial charge in [0.1, 0.15) is 22.9 Å². The molecule has 4 aromatic rings. The van der Waals surface area contributed by atoms with Crippen molar-refractivity contribution in [3.63, 3.8) is 0 Å². The van der Waals surface area contributed by atoms with Gasteiger partial charge in [0.25, 0.3) is 5.91 Å². The Morgan fingerprint density at radius 3 is 2.57 bits per heavy atom. The highest BCUT2D eigenvalue weighted by Gasteiger charge is 2.25. The number of hydrogen-bond donors (Lipinski definition) is 0. The van der Waals surface area contributed by atoms with Crippen molar-refractivity contribution >= 4 is 32.6 Å². The van der Waals surface area contributed by atoms with Crippen molar-refractivity contribution in [3.05, 3.63) is 89.0 Å². The fourth-order valence-electron chi connectivity index (χ4n) is 3.18. The molecule has 3 aromatic carbocycles. The van der Waals surface area contributed by atoms with E-state index in [4.69, 9.17) is 4.74 Å². The van der Waals surface area contributed by atoms with Crippen LogP contribution in [-0.4, -0.2) is 18.0 Å². The number of rotatable bonds is 5. The van der Waals surface area contributed by atoms with Crippen LogP contribution in [0.15, 0.2) is 60.7 Å². The van der Waals surface area contributed by atoms with Gasteiger partial charge in [0.05, 0.1) is 23.9 Å². The first-order valence-corrected chi connectivity index (χ1v) is 10.0. The largest absolute Gasteiger partial charge is 0.494 e. The molecule has 7 heteroatoms. The fraction of sp³-hybridized carbons (Fsp3) is 0.130. The number of benzene rings is 3. The Balaban J connectivity index is 1.84. The van der Waals surface area contributed by atoms with Crippen LogP contribution in [0.1, 0.15) is 21.5 Å². The maximum Gasteiger partial charge on any atom is 0.263 e. The van der Waals surface area contributed by atoms with Crippen molar-refractivity contribution in [2.45, 2.75) is 13.5 Å². The van der Waals surface area contributed by atoms with Crippen LogP contribution in [0.3, 0.4) is 0 Å². The second-order valence-electron chi connectivity index (χ2n) is 6.76. The quantitative estimate of drug-likeness (QED) is 0.410. The number of methoxy groups -OCH3 is 1. The van der Waals surface area contributed by atoms with Gasteiger partial charge in [0.15, 0.2) is 5.13 Å². The Morgan fingerprint density at radius 1 is 1.10 bits per heavy atom. The van der Waals surface area contributed by atoms with E-state index in [1.165, 1.54) is 16.2 Å². The molecular formula is C23H18F2N2O2S. The molecule has 0 atom stereocenters. The molecule has 0 N–H and O–H groups in total. The van der Waals surface area contributed by atoms with E-state index in [-0.39, 0.29) is 12.1 Å². The van der Waals surface area contributed by atoms with Gasteiger partial charge in [-0.25, -0.2) is 13.8 Å². The number of amides is 1. The first-order chi connectivity index (χ1) is 14.5. The van der Waals surface area contributed by atoms with Gasteiger partial charge in [-0.15, -0.1) is 0 Å². The van der Waals surface area contributed by atoms with Crippen LogP contribution in [0, 0.1) is 18.6 Å². The molecular weight excluding hydrogens is 406 g/mol. The summed E-state index contributed by atoms with van der Waals surface area (Å²) in [7, 11) is 1.56. The highest BCUT2D eigenvalue weighted by molar-refractivity contribution is 7.22. The predicted octanol–water partition coefficient (Wildman–Crippen LogP) is 5.74. The minimum atomic E-state index is -0.909. The highest BCUT2D eigenvalue weighted by Crippen LogP contribution is 2.37. The lowest BCUT2D eigenvalue weighted by atomic mass is 10.1. The number of carbonyl (C=O) groups is 1. The first kappa shape index (κ1) is 20.0. The zero-order valence-corrected chi connectivity index (χ0v) is 17.2. The number of thiazole rings is 1. The Bertz CT molecular complexity index is 1220. The molecule has 1 aromatic heterocycles. The van der Waals surface area contributed by atoms with Crippen molar-refractivity contribution in [2.75, 3.05) is 12.0 Å². The summed E-state index contributed by atoms with van der Waals surface area (Å²) in [6.07, 6.45) is 0. The normalized spacial score (nSPS) is 10.9. The molecule has 0 fully saturated rings. The maximum atomic E-state index is 14.4. The second-order valence-corrected chi connectivity index (χ2v) is 7.74. The van der Waals surface area contributed by atoms with Crippen LogP contribution in [-0.2, 0) is 6.54 Å². The number of aryl methyl sites for hydroxylation is 1. The third kappa shape index (κ3) is 3.76. The van der Waals surface area contributed by atoms with Gasteiger partial charge in [-0.1, -0.05) is 47.7 Å². The predicted molar refractivity (Wildman–Crippen MR) is 114 cm³/mol. The molecule has 0 aliphatic rings. The summed E-state index contributed by atoms with van der Waals surface area (Å²) >= 11 is 1.33. The van der Waals surface area contributed by atoms with Crippen LogP contribution in [0.25, 0.3) is 10.2 Å². The molecule has 152 valence electrons. The van der Waals surface area contributed by atoms with E-state index in [9.17, 15) is 13.6 Å². The number of ether oxygens (including phenoxy) is 1. The zero-order valence-electron chi connectivity index (χ0n) is 16.4. The van der Waals surface area contributed by atoms with Gasteiger partial charge in [0, 0.05) is 6.07 Å². The SMILES string of the molecule is COc1ccc(C)c2sc(N(Cc3ccccc3)C(=O)c3ccc(F)cc3F)nc12. The Hall–Kier alpha value is -3.32. The summed E-state index contributed by atoms with van der Waals surface area (Å²) in [6, 6.07) is 16.0. The van der Waals surface area contributed by atoms with Gasteiger partial charge in [-0.2, -0.15) is 0 Å². The minimum absolute atomic E-state index is 0.192. The third-order valence-electron chi connectivity index (χ3n) is 4.73. The molecule has 0 spiro atoms. The number of nitrogens with zero attached hydrogens (tertiary/aromatic N) is 2. The molecule has 0 unspecified atom stereocenters. The van der Waals surface area contributed by atoms with Crippen molar-refractivity contribution < 1.29 is 18.3 Å². The minimum Gasteiger partial charge on any atom is -0.494 e. The van der Waals surface area contributed by atoms with E-state index < -0.39 is 17.5 Å². The molecule has 0 aliphatic carbocycles. The van der Waals surface area contributed by atoms with E-state index in [1.807, 2.05) is 49.4 Å². The second kappa shape index (κ2) is 8.20.